The maximum Gasteiger partial charge on any atom is 0.262 e. The third-order valence-corrected chi connectivity index (χ3v) is 7.18. The number of nitrogens with zero attached hydrogens (tertiary/aromatic N) is 4. The van der Waals surface area contributed by atoms with Gasteiger partial charge in [0, 0.05) is 23.8 Å². The van der Waals surface area contributed by atoms with Gasteiger partial charge in [0.05, 0.1) is 16.7 Å². The number of fused-ring (bicyclic) bond motifs is 3. The number of hydrogen-bond donors (Lipinski definition) is 2. The Morgan fingerprint density at radius 3 is 2.49 bits per heavy atom. The van der Waals surface area contributed by atoms with Crippen molar-refractivity contribution in [3.63, 3.8) is 0 Å². The van der Waals surface area contributed by atoms with Crippen molar-refractivity contribution in [2.24, 2.45) is 0 Å². The molecule has 9 nitrogen and oxygen atoms in total. The highest BCUT2D eigenvalue weighted by atomic mass is 32.2. The zero-order valence-corrected chi connectivity index (χ0v) is 22.4. The topological polar surface area (TPSA) is 110 Å². The van der Waals surface area contributed by atoms with E-state index < -0.39 is 0 Å². The number of rotatable bonds is 10. The molecular formula is C27H32N6O3S. The molecule has 0 saturated carbocycles. The highest BCUT2D eigenvalue weighted by Gasteiger charge is 2.19. The summed E-state index contributed by atoms with van der Waals surface area (Å²) in [6.07, 6.45) is 2.48. The lowest BCUT2D eigenvalue weighted by atomic mass is 10.1. The Hall–Kier alpha value is -3.66. The van der Waals surface area contributed by atoms with E-state index in [-0.39, 0.29) is 29.2 Å². The lowest BCUT2D eigenvalue weighted by Crippen LogP contribution is -2.32. The number of anilines is 1. The lowest BCUT2D eigenvalue weighted by Gasteiger charge is -2.14. The van der Waals surface area contributed by atoms with Crippen molar-refractivity contribution in [2.45, 2.75) is 64.7 Å². The first-order valence-electron chi connectivity index (χ1n) is 12.6. The first-order valence-corrected chi connectivity index (χ1v) is 13.6. The molecule has 0 bridgehead atoms. The van der Waals surface area contributed by atoms with E-state index in [1.165, 1.54) is 17.3 Å². The Balaban J connectivity index is 1.69. The van der Waals surface area contributed by atoms with Crippen LogP contribution in [0.1, 0.15) is 56.5 Å². The van der Waals surface area contributed by atoms with Crippen molar-refractivity contribution in [1.29, 1.82) is 0 Å². The van der Waals surface area contributed by atoms with Gasteiger partial charge < -0.3 is 10.6 Å². The summed E-state index contributed by atoms with van der Waals surface area (Å²) < 4.78 is 3.36. The molecule has 2 heterocycles. The summed E-state index contributed by atoms with van der Waals surface area (Å²) in [7, 11) is 0. The molecule has 4 aromatic rings. The molecule has 0 radical (unpaired) electrons. The molecule has 1 unspecified atom stereocenters. The molecule has 0 saturated heterocycles. The largest absolute Gasteiger partial charge is 0.350 e. The van der Waals surface area contributed by atoms with Crippen molar-refractivity contribution in [2.75, 3.05) is 11.1 Å². The van der Waals surface area contributed by atoms with Crippen LogP contribution >= 0.6 is 11.8 Å². The third-order valence-electron chi connectivity index (χ3n) is 6.25. The molecule has 2 aromatic heterocycles. The van der Waals surface area contributed by atoms with Crippen molar-refractivity contribution in [1.82, 2.24) is 24.5 Å². The standard InChI is InChI=1S/C27H32N6O3S/c1-5-14-32-25(36)21-13-10-19(24(35)28-17(4)6-2)15-22(21)33-26(32)30-31-27(33)37-16-23(34)29-20-11-8-18(7-3)9-12-20/h8-13,15,17H,5-7,14,16H2,1-4H3,(H,28,35)(H,29,34). The predicted molar refractivity (Wildman–Crippen MR) is 147 cm³/mol. The van der Waals surface area contributed by atoms with Crippen molar-refractivity contribution >= 4 is 45.9 Å². The molecule has 0 aliphatic rings. The average molecular weight is 521 g/mol. The van der Waals surface area contributed by atoms with Gasteiger partial charge in [0.2, 0.25) is 11.7 Å². The van der Waals surface area contributed by atoms with Gasteiger partial charge in [-0.1, -0.05) is 44.7 Å². The van der Waals surface area contributed by atoms with Crippen LogP contribution in [0, 0.1) is 0 Å². The highest BCUT2D eigenvalue weighted by Crippen LogP contribution is 2.23. The van der Waals surface area contributed by atoms with Crippen molar-refractivity contribution in [3.05, 3.63) is 63.9 Å². The van der Waals surface area contributed by atoms with Crippen LogP contribution in [-0.2, 0) is 17.8 Å². The minimum absolute atomic E-state index is 0.0264. The molecule has 2 N–H and O–H groups in total. The normalized spacial score (nSPS) is 12.1. The zero-order chi connectivity index (χ0) is 26.5. The summed E-state index contributed by atoms with van der Waals surface area (Å²) in [4.78, 5) is 38.7. The number of amides is 2. The monoisotopic (exact) mass is 520 g/mol. The maximum absolute atomic E-state index is 13.3. The van der Waals surface area contributed by atoms with Crippen LogP contribution in [0.25, 0.3) is 16.7 Å². The van der Waals surface area contributed by atoms with Gasteiger partial charge in [-0.2, -0.15) is 0 Å². The summed E-state index contributed by atoms with van der Waals surface area (Å²) in [5.74, 6) is 0.111. The minimum atomic E-state index is -0.210. The first kappa shape index (κ1) is 26.4. The number of nitrogens with one attached hydrogen (secondary N) is 2. The molecule has 0 aliphatic carbocycles. The molecule has 2 amide bonds. The van der Waals surface area contributed by atoms with Gasteiger partial charge in [-0.3, -0.25) is 23.4 Å². The summed E-state index contributed by atoms with van der Waals surface area (Å²) in [5.41, 5.74) is 2.72. The van der Waals surface area contributed by atoms with E-state index in [9.17, 15) is 14.4 Å². The Labute approximate surface area is 219 Å². The Kier molecular flexibility index (Phi) is 8.27. The third kappa shape index (κ3) is 5.69. The smallest absolute Gasteiger partial charge is 0.262 e. The molecule has 4 rings (SSSR count). The molecule has 2 aromatic carbocycles. The number of benzene rings is 2. The van der Waals surface area contributed by atoms with Crippen LogP contribution in [0.5, 0.6) is 0 Å². The average Bonchev–Trinajstić information content (AvgIpc) is 3.33. The van der Waals surface area contributed by atoms with Crippen LogP contribution in [0.3, 0.4) is 0 Å². The van der Waals surface area contributed by atoms with E-state index in [0.717, 1.165) is 24.9 Å². The van der Waals surface area contributed by atoms with E-state index in [1.807, 2.05) is 45.0 Å². The second kappa shape index (κ2) is 11.6. The number of aryl methyl sites for hydroxylation is 2. The van der Waals surface area contributed by atoms with E-state index in [1.54, 1.807) is 27.2 Å². The van der Waals surface area contributed by atoms with Gasteiger partial charge in [-0.25, -0.2) is 0 Å². The van der Waals surface area contributed by atoms with Gasteiger partial charge in [-0.15, -0.1) is 10.2 Å². The quantitative estimate of drug-likeness (QED) is 0.302. The lowest BCUT2D eigenvalue weighted by molar-refractivity contribution is -0.113. The molecule has 0 fully saturated rings. The van der Waals surface area contributed by atoms with Gasteiger partial charge in [0.1, 0.15) is 0 Å². The van der Waals surface area contributed by atoms with E-state index in [0.29, 0.717) is 33.9 Å². The number of carbonyl (C=O) groups excluding carboxylic acids is 2. The summed E-state index contributed by atoms with van der Waals surface area (Å²) in [6.45, 7) is 8.49. The number of thioether (sulfide) groups is 1. The van der Waals surface area contributed by atoms with E-state index in [2.05, 4.69) is 27.8 Å². The molecule has 37 heavy (non-hydrogen) atoms. The molecule has 0 aliphatic heterocycles. The van der Waals surface area contributed by atoms with Crippen LogP contribution in [-0.4, -0.2) is 42.8 Å². The van der Waals surface area contributed by atoms with E-state index in [4.69, 9.17) is 0 Å². The Bertz CT molecular complexity index is 1490. The number of hydrogen-bond acceptors (Lipinski definition) is 6. The second-order valence-corrected chi connectivity index (χ2v) is 9.92. The molecule has 10 heteroatoms. The van der Waals surface area contributed by atoms with Crippen LogP contribution < -0.4 is 16.2 Å². The summed E-state index contributed by atoms with van der Waals surface area (Å²) in [6, 6.07) is 12.8. The summed E-state index contributed by atoms with van der Waals surface area (Å²) >= 11 is 1.23. The van der Waals surface area contributed by atoms with E-state index >= 15 is 0 Å². The van der Waals surface area contributed by atoms with Gasteiger partial charge in [0.25, 0.3) is 11.5 Å². The van der Waals surface area contributed by atoms with Crippen molar-refractivity contribution in [3.8, 4) is 0 Å². The van der Waals surface area contributed by atoms with Gasteiger partial charge in [0.15, 0.2) is 5.16 Å². The van der Waals surface area contributed by atoms with Crippen LogP contribution in [0.2, 0.25) is 0 Å². The fraction of sp³-hybridized carbons (Fsp3) is 0.370. The van der Waals surface area contributed by atoms with Gasteiger partial charge >= 0.3 is 0 Å². The highest BCUT2D eigenvalue weighted by molar-refractivity contribution is 7.99. The Morgan fingerprint density at radius 1 is 1.05 bits per heavy atom. The SMILES string of the molecule is CCCn1c(=O)c2ccc(C(=O)NC(C)CC)cc2n2c(SCC(=O)Nc3ccc(CC)cc3)nnc12. The maximum atomic E-state index is 13.3. The predicted octanol–water partition coefficient (Wildman–Crippen LogP) is 4.28. The first-order chi connectivity index (χ1) is 17.9. The number of carbonyl (C=O) groups is 2. The van der Waals surface area contributed by atoms with Crippen LogP contribution in [0.15, 0.2) is 52.4 Å². The fourth-order valence-corrected chi connectivity index (χ4v) is 4.74. The summed E-state index contributed by atoms with van der Waals surface area (Å²) in [5, 5.41) is 15.4. The molecular weight excluding hydrogens is 488 g/mol. The second-order valence-electron chi connectivity index (χ2n) is 8.98. The Morgan fingerprint density at radius 2 is 1.81 bits per heavy atom. The number of aromatic nitrogens is 4. The molecule has 194 valence electrons. The zero-order valence-electron chi connectivity index (χ0n) is 21.6. The molecule has 0 spiro atoms. The van der Waals surface area contributed by atoms with Crippen LogP contribution in [0.4, 0.5) is 5.69 Å². The fourth-order valence-electron chi connectivity index (χ4n) is 4.00. The molecule has 1 atom stereocenters. The minimum Gasteiger partial charge on any atom is -0.350 e. The van der Waals surface area contributed by atoms with Gasteiger partial charge in [-0.05, 0) is 62.1 Å². The van der Waals surface area contributed by atoms with Crippen molar-refractivity contribution < 1.29 is 9.59 Å².